The molecule has 3 aliphatic rings. The van der Waals surface area contributed by atoms with Crippen LogP contribution in [-0.2, 0) is 9.53 Å². The zero-order valence-corrected chi connectivity index (χ0v) is 26.8. The van der Waals surface area contributed by atoms with Gasteiger partial charge in [-0.3, -0.25) is 9.36 Å². The minimum absolute atomic E-state index is 0.0223. The third kappa shape index (κ3) is 7.22. The zero-order chi connectivity index (χ0) is 31.3. The number of ether oxygens (including phenoxy) is 2. The number of fused-ring (bicyclic) bond motifs is 1. The van der Waals surface area contributed by atoms with E-state index < -0.39 is 12.2 Å². The average molecular weight is 662 g/mol. The van der Waals surface area contributed by atoms with E-state index in [0.717, 1.165) is 12.8 Å². The molecule has 3 aromatic rings. The number of piperazine rings is 1. The number of hydrogen-bond acceptors (Lipinski definition) is 11. The third-order valence-corrected chi connectivity index (χ3v) is 9.82. The highest BCUT2D eigenvalue weighted by Gasteiger charge is 2.28. The Labute approximate surface area is 269 Å². The molecule has 1 saturated carbocycles. The second-order valence-corrected chi connectivity index (χ2v) is 12.8. The van der Waals surface area contributed by atoms with E-state index in [1.807, 2.05) is 9.80 Å². The van der Waals surface area contributed by atoms with Gasteiger partial charge in [-0.2, -0.15) is 15.0 Å². The van der Waals surface area contributed by atoms with E-state index in [0.29, 0.717) is 91.2 Å². The van der Waals surface area contributed by atoms with Crippen LogP contribution in [0.2, 0.25) is 0 Å². The van der Waals surface area contributed by atoms with Gasteiger partial charge in [0.15, 0.2) is 5.82 Å². The number of thioether (sulfide) groups is 1. The fourth-order valence-corrected chi connectivity index (χ4v) is 6.99. The summed E-state index contributed by atoms with van der Waals surface area (Å²) >= 11 is 7.06. The topological polar surface area (TPSA) is 114 Å². The maximum atomic E-state index is 14.4. The van der Waals surface area contributed by atoms with E-state index in [2.05, 4.69) is 20.2 Å². The van der Waals surface area contributed by atoms with Crippen LogP contribution < -0.4 is 19.9 Å². The number of carbonyl (C=O) groups excluding carboxylic acids is 1. The molecule has 2 saturated heterocycles. The summed E-state index contributed by atoms with van der Waals surface area (Å²) in [4.78, 5) is 37.0. The number of thiocarbonyl (C=S) groups is 1. The molecule has 0 radical (unpaired) electrons. The maximum Gasteiger partial charge on any atom is 0.296 e. The van der Waals surface area contributed by atoms with Crippen LogP contribution in [0.25, 0.3) is 17.0 Å². The van der Waals surface area contributed by atoms with Crippen molar-refractivity contribution >= 4 is 57.1 Å². The van der Waals surface area contributed by atoms with Gasteiger partial charge >= 0.3 is 0 Å². The number of imidazole rings is 1. The number of alkyl halides is 2. The van der Waals surface area contributed by atoms with Gasteiger partial charge in [-0.15, -0.1) is 0 Å². The van der Waals surface area contributed by atoms with Gasteiger partial charge in [0.05, 0.1) is 31.6 Å². The van der Waals surface area contributed by atoms with Gasteiger partial charge in [0.2, 0.25) is 23.8 Å². The summed E-state index contributed by atoms with van der Waals surface area (Å²) in [5, 5.41) is 3.14. The molecule has 1 N–H and O–H groups in total. The number of benzene rings is 1. The summed E-state index contributed by atoms with van der Waals surface area (Å²) in [7, 11) is 1.48. The molecular weight excluding hydrogens is 625 g/mol. The predicted molar refractivity (Wildman–Crippen MR) is 173 cm³/mol. The molecule has 12 nitrogen and oxygen atoms in total. The van der Waals surface area contributed by atoms with Crippen LogP contribution >= 0.6 is 24.0 Å². The number of methoxy groups -OCH3 is 1. The first-order valence-corrected chi connectivity index (χ1v) is 16.7. The molecule has 45 heavy (non-hydrogen) atoms. The van der Waals surface area contributed by atoms with Crippen molar-refractivity contribution in [3.05, 3.63) is 24.0 Å². The monoisotopic (exact) mass is 661 g/mol. The SMILES string of the molecule is COc1cccc2c1nc(C(F)F)n2-c1nc(N2CCOCC2)nc(N2CCN(C(=S)SCC(=O)NC3CCCCC3)CC2)n1. The minimum Gasteiger partial charge on any atom is -0.494 e. The molecule has 0 spiro atoms. The molecule has 6 rings (SSSR count). The fraction of sp³-hybridized carbons (Fsp3) is 0.586. The first-order chi connectivity index (χ1) is 21.9. The smallest absolute Gasteiger partial charge is 0.296 e. The van der Waals surface area contributed by atoms with Gasteiger partial charge in [0.1, 0.15) is 15.6 Å². The number of rotatable bonds is 8. The second kappa shape index (κ2) is 14.4. The lowest BCUT2D eigenvalue weighted by molar-refractivity contribution is -0.119. The van der Waals surface area contributed by atoms with Crippen molar-refractivity contribution in [2.75, 3.05) is 75.1 Å². The van der Waals surface area contributed by atoms with Crippen LogP contribution in [-0.4, -0.2) is 111 Å². The van der Waals surface area contributed by atoms with E-state index in [9.17, 15) is 13.6 Å². The van der Waals surface area contributed by atoms with Crippen LogP contribution in [0.15, 0.2) is 18.2 Å². The summed E-state index contributed by atoms with van der Waals surface area (Å²) in [6.07, 6.45) is 2.79. The van der Waals surface area contributed by atoms with E-state index in [1.165, 1.54) is 42.7 Å². The molecule has 16 heteroatoms. The van der Waals surface area contributed by atoms with Crippen LogP contribution in [0.5, 0.6) is 5.75 Å². The molecule has 1 amide bonds. The number of morpholine rings is 1. The number of halogens is 2. The number of para-hydroxylation sites is 1. The fourth-order valence-electron chi connectivity index (χ4n) is 5.93. The van der Waals surface area contributed by atoms with Gasteiger partial charge < -0.3 is 29.5 Å². The van der Waals surface area contributed by atoms with E-state index in [-0.39, 0.29) is 17.9 Å². The van der Waals surface area contributed by atoms with Crippen molar-refractivity contribution in [2.24, 2.45) is 0 Å². The minimum atomic E-state index is -2.87. The lowest BCUT2D eigenvalue weighted by Gasteiger charge is -2.36. The standard InChI is InChI=1S/C29H37F2N9O3S2/c1-42-21-9-5-8-20-23(21)33-25(24(30)31)40(20)28-35-26(34-27(36-28)38-14-16-43-17-15-38)37-10-12-39(13-11-37)29(44)45-18-22(41)32-19-6-3-2-4-7-19/h5,8-9,19,24H,2-4,6-7,10-18H2,1H3,(H,32,41). The van der Waals surface area contributed by atoms with Crippen LogP contribution in [0.3, 0.4) is 0 Å². The maximum absolute atomic E-state index is 14.4. The van der Waals surface area contributed by atoms with Crippen LogP contribution in [0, 0.1) is 0 Å². The Kier molecular flexibility index (Phi) is 10.1. The highest BCUT2D eigenvalue weighted by molar-refractivity contribution is 8.23. The van der Waals surface area contributed by atoms with Gasteiger partial charge in [0, 0.05) is 45.3 Å². The van der Waals surface area contributed by atoms with Gasteiger partial charge in [-0.1, -0.05) is 49.3 Å². The van der Waals surface area contributed by atoms with Crippen molar-refractivity contribution in [1.82, 2.24) is 34.7 Å². The lowest BCUT2D eigenvalue weighted by Crippen LogP contribution is -2.48. The molecule has 1 aromatic carbocycles. The summed E-state index contributed by atoms with van der Waals surface area (Å²) in [5.41, 5.74) is 0.715. The number of nitrogens with zero attached hydrogens (tertiary/aromatic N) is 8. The van der Waals surface area contributed by atoms with Gasteiger partial charge in [0.25, 0.3) is 6.43 Å². The number of nitrogens with one attached hydrogen (secondary N) is 1. The highest BCUT2D eigenvalue weighted by Crippen LogP contribution is 2.32. The van der Waals surface area contributed by atoms with Gasteiger partial charge in [-0.05, 0) is 25.0 Å². The first kappa shape index (κ1) is 31.6. The zero-order valence-electron chi connectivity index (χ0n) is 25.2. The van der Waals surface area contributed by atoms with Gasteiger partial charge in [-0.25, -0.2) is 13.8 Å². The molecule has 242 valence electrons. The first-order valence-electron chi connectivity index (χ1n) is 15.3. The Morgan fingerprint density at radius 2 is 1.67 bits per heavy atom. The third-order valence-electron chi connectivity index (χ3n) is 8.30. The van der Waals surface area contributed by atoms with E-state index >= 15 is 0 Å². The highest BCUT2D eigenvalue weighted by atomic mass is 32.2. The largest absolute Gasteiger partial charge is 0.494 e. The summed E-state index contributed by atoms with van der Waals surface area (Å²) in [5.74, 6) is 1.06. The summed E-state index contributed by atoms with van der Waals surface area (Å²) in [6.45, 7) is 4.48. The molecule has 2 aliphatic heterocycles. The number of aromatic nitrogens is 5. The van der Waals surface area contributed by atoms with Crippen molar-refractivity contribution in [2.45, 2.75) is 44.6 Å². The Hall–Kier alpha value is -3.37. The number of anilines is 2. The van der Waals surface area contributed by atoms with Crippen LogP contribution in [0.4, 0.5) is 20.7 Å². The molecule has 0 atom stereocenters. The molecule has 0 bridgehead atoms. The Morgan fingerprint density at radius 1 is 1.00 bits per heavy atom. The average Bonchev–Trinajstić information content (AvgIpc) is 3.48. The quantitative estimate of drug-likeness (QED) is 0.356. The summed E-state index contributed by atoms with van der Waals surface area (Å²) < 4.78 is 41.6. The van der Waals surface area contributed by atoms with Crippen molar-refractivity contribution < 1.29 is 23.0 Å². The van der Waals surface area contributed by atoms with Crippen LogP contribution in [0.1, 0.15) is 44.4 Å². The molecular formula is C29H37F2N9O3S2. The Morgan fingerprint density at radius 3 is 2.33 bits per heavy atom. The normalized spacial score (nSPS) is 18.1. The number of carbonyl (C=O) groups is 1. The lowest BCUT2D eigenvalue weighted by atomic mass is 9.95. The molecule has 1 aliphatic carbocycles. The summed E-state index contributed by atoms with van der Waals surface area (Å²) in [6, 6.07) is 5.37. The molecule has 4 heterocycles. The number of hydrogen-bond donors (Lipinski definition) is 1. The second-order valence-electron chi connectivity index (χ2n) is 11.2. The van der Waals surface area contributed by atoms with Crippen molar-refractivity contribution in [1.29, 1.82) is 0 Å². The number of amides is 1. The molecule has 0 unspecified atom stereocenters. The molecule has 3 fully saturated rings. The van der Waals surface area contributed by atoms with E-state index in [4.69, 9.17) is 31.7 Å². The van der Waals surface area contributed by atoms with Crippen molar-refractivity contribution in [3.63, 3.8) is 0 Å². The predicted octanol–water partition coefficient (Wildman–Crippen LogP) is 3.58. The Balaban J connectivity index is 1.20. The molecule has 2 aromatic heterocycles. The Bertz CT molecular complexity index is 1510. The van der Waals surface area contributed by atoms with Crippen molar-refractivity contribution in [3.8, 4) is 11.7 Å². The van der Waals surface area contributed by atoms with E-state index in [1.54, 1.807) is 18.2 Å².